The molecule has 1 atom stereocenters. The van der Waals surface area contributed by atoms with E-state index in [1.165, 1.54) is 11.1 Å². The molecule has 1 aliphatic carbocycles. The Labute approximate surface area is 180 Å². The van der Waals surface area contributed by atoms with E-state index >= 15 is 0 Å². The van der Waals surface area contributed by atoms with Crippen LogP contribution in [0.15, 0.2) is 24.3 Å². The Balaban J connectivity index is 1.79. The lowest BCUT2D eigenvalue weighted by atomic mass is 9.80. The van der Waals surface area contributed by atoms with E-state index in [9.17, 15) is 9.59 Å². The van der Waals surface area contributed by atoms with Gasteiger partial charge in [0.15, 0.2) is 5.78 Å². The summed E-state index contributed by atoms with van der Waals surface area (Å²) in [5.41, 5.74) is 5.28. The predicted molar refractivity (Wildman–Crippen MR) is 120 cm³/mol. The van der Waals surface area contributed by atoms with E-state index < -0.39 is 0 Å². The zero-order valence-corrected chi connectivity index (χ0v) is 19.2. The summed E-state index contributed by atoms with van der Waals surface area (Å²) in [6.07, 6.45) is 3.18. The molecule has 1 aromatic heterocycles. The van der Waals surface area contributed by atoms with Gasteiger partial charge in [0.2, 0.25) is 0 Å². The van der Waals surface area contributed by atoms with Gasteiger partial charge in [-0.15, -0.1) is 0 Å². The number of hydrogen-bond acceptors (Lipinski definition) is 3. The molecule has 0 spiro atoms. The van der Waals surface area contributed by atoms with Crippen molar-refractivity contribution in [2.24, 2.45) is 5.92 Å². The fourth-order valence-electron chi connectivity index (χ4n) is 4.32. The number of ether oxygens (including phenoxy) is 1. The fraction of sp³-hybridized carbons (Fsp3) is 0.538. The van der Waals surface area contributed by atoms with Gasteiger partial charge in [0, 0.05) is 17.7 Å². The standard InChI is InChI=1S/C26H35NO3/c1-7-17(8-2)15-30-25(29)24-16(3)23-21(27-24)13-19(14-22(23)28)18-9-11-20(12-10-18)26(4,5)6/h9-12,17,19,27H,7-8,13-15H2,1-6H3. The second-order valence-electron chi connectivity index (χ2n) is 9.66. The van der Waals surface area contributed by atoms with E-state index in [0.717, 1.165) is 30.5 Å². The predicted octanol–water partition coefficient (Wildman–Crippen LogP) is 6.13. The Bertz CT molecular complexity index is 911. The van der Waals surface area contributed by atoms with E-state index in [1.807, 2.05) is 6.92 Å². The maximum absolute atomic E-state index is 12.9. The first-order valence-electron chi connectivity index (χ1n) is 11.2. The first-order valence-corrected chi connectivity index (χ1v) is 11.2. The van der Waals surface area contributed by atoms with Crippen molar-refractivity contribution in [2.75, 3.05) is 6.61 Å². The fourth-order valence-corrected chi connectivity index (χ4v) is 4.32. The minimum atomic E-state index is -0.354. The number of nitrogens with one attached hydrogen (secondary N) is 1. The smallest absolute Gasteiger partial charge is 0.355 e. The van der Waals surface area contributed by atoms with Crippen molar-refractivity contribution in [3.05, 3.63) is 57.9 Å². The van der Waals surface area contributed by atoms with Crippen molar-refractivity contribution >= 4 is 11.8 Å². The van der Waals surface area contributed by atoms with Gasteiger partial charge in [-0.2, -0.15) is 0 Å². The minimum absolute atomic E-state index is 0.106. The van der Waals surface area contributed by atoms with Crippen LogP contribution in [0.25, 0.3) is 0 Å². The summed E-state index contributed by atoms with van der Waals surface area (Å²) in [7, 11) is 0. The molecule has 1 unspecified atom stereocenters. The number of rotatable bonds is 6. The highest BCUT2D eigenvalue weighted by Crippen LogP contribution is 2.36. The highest BCUT2D eigenvalue weighted by molar-refractivity contribution is 6.03. The molecule has 0 saturated heterocycles. The largest absolute Gasteiger partial charge is 0.461 e. The van der Waals surface area contributed by atoms with Crippen LogP contribution < -0.4 is 0 Å². The van der Waals surface area contributed by atoms with Gasteiger partial charge in [-0.25, -0.2) is 4.79 Å². The Morgan fingerprint density at radius 1 is 1.13 bits per heavy atom. The van der Waals surface area contributed by atoms with Crippen LogP contribution >= 0.6 is 0 Å². The molecular formula is C26H35NO3. The summed E-state index contributed by atoms with van der Waals surface area (Å²) in [4.78, 5) is 28.8. The van der Waals surface area contributed by atoms with Crippen LogP contribution in [0.3, 0.4) is 0 Å². The number of carbonyl (C=O) groups is 2. The summed E-state index contributed by atoms with van der Waals surface area (Å²) in [5, 5.41) is 0. The summed E-state index contributed by atoms with van der Waals surface area (Å²) < 4.78 is 5.54. The van der Waals surface area contributed by atoms with E-state index in [0.29, 0.717) is 30.2 Å². The van der Waals surface area contributed by atoms with Gasteiger partial charge in [0.05, 0.1) is 6.61 Å². The number of esters is 1. The second kappa shape index (κ2) is 8.79. The lowest BCUT2D eigenvalue weighted by Crippen LogP contribution is -2.19. The SMILES string of the molecule is CCC(CC)COC(=O)c1[nH]c2c(c1C)C(=O)CC(c1ccc(C(C)(C)C)cc1)C2. The third-order valence-electron chi connectivity index (χ3n) is 6.55. The average Bonchev–Trinajstić information content (AvgIpc) is 3.05. The molecule has 3 rings (SSSR count). The van der Waals surface area contributed by atoms with Gasteiger partial charge in [-0.3, -0.25) is 4.79 Å². The van der Waals surface area contributed by atoms with Crippen molar-refractivity contribution < 1.29 is 14.3 Å². The summed E-state index contributed by atoms with van der Waals surface area (Å²) >= 11 is 0. The molecule has 4 heteroatoms. The normalized spacial score (nSPS) is 16.6. The molecule has 0 radical (unpaired) electrons. The lowest BCUT2D eigenvalue weighted by Gasteiger charge is -2.24. The monoisotopic (exact) mass is 409 g/mol. The molecule has 4 nitrogen and oxygen atoms in total. The van der Waals surface area contributed by atoms with Gasteiger partial charge in [0.1, 0.15) is 5.69 Å². The minimum Gasteiger partial charge on any atom is -0.461 e. The quantitative estimate of drug-likeness (QED) is 0.584. The van der Waals surface area contributed by atoms with Crippen LogP contribution in [0.2, 0.25) is 0 Å². The zero-order valence-electron chi connectivity index (χ0n) is 19.2. The van der Waals surface area contributed by atoms with E-state index in [1.54, 1.807) is 0 Å². The van der Waals surface area contributed by atoms with Crippen molar-refractivity contribution in [2.45, 2.75) is 78.6 Å². The lowest BCUT2D eigenvalue weighted by molar-refractivity contribution is 0.0426. The van der Waals surface area contributed by atoms with Gasteiger partial charge in [-0.1, -0.05) is 71.7 Å². The molecule has 0 fully saturated rings. The molecule has 0 aliphatic heterocycles. The summed E-state index contributed by atoms with van der Waals surface area (Å²) in [6.45, 7) is 13.1. The Hall–Kier alpha value is -2.36. The molecule has 1 heterocycles. The first-order chi connectivity index (χ1) is 14.2. The van der Waals surface area contributed by atoms with Crippen LogP contribution in [0.5, 0.6) is 0 Å². The van der Waals surface area contributed by atoms with Crippen molar-refractivity contribution in [3.8, 4) is 0 Å². The highest BCUT2D eigenvalue weighted by Gasteiger charge is 2.32. The molecule has 0 saturated carbocycles. The van der Waals surface area contributed by atoms with Crippen molar-refractivity contribution in [1.29, 1.82) is 0 Å². The number of H-pyrrole nitrogens is 1. The van der Waals surface area contributed by atoms with Gasteiger partial charge < -0.3 is 9.72 Å². The van der Waals surface area contributed by atoms with Crippen molar-refractivity contribution in [1.82, 2.24) is 4.98 Å². The number of carbonyl (C=O) groups excluding carboxylic acids is 2. The molecule has 1 aromatic carbocycles. The molecule has 1 aliphatic rings. The topological polar surface area (TPSA) is 59.2 Å². The highest BCUT2D eigenvalue weighted by atomic mass is 16.5. The van der Waals surface area contributed by atoms with Crippen LogP contribution in [0.4, 0.5) is 0 Å². The first kappa shape index (κ1) is 22.3. The van der Waals surface area contributed by atoms with Crippen LogP contribution in [-0.4, -0.2) is 23.3 Å². The van der Waals surface area contributed by atoms with Crippen LogP contribution in [0.1, 0.15) is 103 Å². The molecular weight excluding hydrogens is 374 g/mol. The summed E-state index contributed by atoms with van der Waals surface area (Å²) in [6, 6.07) is 8.61. The molecule has 0 bridgehead atoms. The van der Waals surface area contributed by atoms with Crippen LogP contribution in [0, 0.1) is 12.8 Å². The van der Waals surface area contributed by atoms with E-state index in [4.69, 9.17) is 4.74 Å². The molecule has 30 heavy (non-hydrogen) atoms. The van der Waals surface area contributed by atoms with Gasteiger partial charge in [-0.05, 0) is 47.3 Å². The van der Waals surface area contributed by atoms with E-state index in [2.05, 4.69) is 63.9 Å². The third-order valence-corrected chi connectivity index (χ3v) is 6.55. The van der Waals surface area contributed by atoms with Crippen molar-refractivity contribution in [3.63, 3.8) is 0 Å². The molecule has 2 aromatic rings. The van der Waals surface area contributed by atoms with Crippen LogP contribution in [-0.2, 0) is 16.6 Å². The maximum atomic E-state index is 12.9. The van der Waals surface area contributed by atoms with Gasteiger partial charge >= 0.3 is 5.97 Å². The van der Waals surface area contributed by atoms with E-state index in [-0.39, 0.29) is 23.1 Å². The third kappa shape index (κ3) is 4.53. The Morgan fingerprint density at radius 3 is 2.33 bits per heavy atom. The Morgan fingerprint density at radius 2 is 1.77 bits per heavy atom. The number of benzene rings is 1. The summed E-state index contributed by atoms with van der Waals surface area (Å²) in [5.74, 6) is 0.257. The molecule has 1 N–H and O–H groups in total. The number of ketones is 1. The maximum Gasteiger partial charge on any atom is 0.355 e. The number of Topliss-reactive ketones (excluding diaryl/α,β-unsaturated/α-hetero) is 1. The Kier molecular flexibility index (Phi) is 6.54. The number of aromatic nitrogens is 1. The average molecular weight is 410 g/mol. The number of fused-ring (bicyclic) bond motifs is 1. The molecule has 162 valence electrons. The number of aromatic amines is 1. The zero-order chi connectivity index (χ0) is 22.1. The molecule has 0 amide bonds. The second-order valence-corrected chi connectivity index (χ2v) is 9.66. The van der Waals surface area contributed by atoms with Gasteiger partial charge in [0.25, 0.3) is 0 Å². The number of hydrogen-bond donors (Lipinski definition) is 1.